The number of amides is 1. The summed E-state index contributed by atoms with van der Waals surface area (Å²) in [6.07, 6.45) is 8.99. The van der Waals surface area contributed by atoms with Gasteiger partial charge >= 0.3 is 0 Å². The Hall–Kier alpha value is -1.62. The van der Waals surface area contributed by atoms with Crippen LogP contribution in [0.3, 0.4) is 0 Å². The van der Waals surface area contributed by atoms with Crippen LogP contribution in [0.4, 0.5) is 5.82 Å². The maximum absolute atomic E-state index is 12.0. The van der Waals surface area contributed by atoms with Crippen molar-refractivity contribution in [2.45, 2.75) is 44.6 Å². The van der Waals surface area contributed by atoms with Gasteiger partial charge in [0, 0.05) is 18.8 Å². The Morgan fingerprint density at radius 2 is 2.05 bits per heavy atom. The first kappa shape index (κ1) is 16.7. The quantitative estimate of drug-likeness (QED) is 0.760. The number of nitrogens with one attached hydrogen (secondary N) is 2. The summed E-state index contributed by atoms with van der Waals surface area (Å²) in [6.45, 7) is 1.67. The van der Waals surface area contributed by atoms with Crippen LogP contribution in [0.15, 0.2) is 18.3 Å². The summed E-state index contributed by atoms with van der Waals surface area (Å²) in [5.74, 6) is 0.825. The zero-order valence-corrected chi connectivity index (χ0v) is 13.8. The van der Waals surface area contributed by atoms with Crippen LogP contribution in [0, 0.1) is 0 Å². The molecule has 1 aromatic rings. The van der Waals surface area contributed by atoms with Crippen LogP contribution in [0.5, 0.6) is 0 Å². The predicted octanol–water partition coefficient (Wildman–Crippen LogP) is 2.51. The molecule has 2 N–H and O–H groups in total. The number of pyridine rings is 1. The fourth-order valence-corrected chi connectivity index (χ4v) is 2.77. The zero-order chi connectivity index (χ0) is 15.8. The summed E-state index contributed by atoms with van der Waals surface area (Å²) in [5, 5.41) is 6.39. The highest BCUT2D eigenvalue weighted by Gasteiger charge is 2.13. The number of anilines is 1. The fourth-order valence-electron chi connectivity index (χ4n) is 2.77. The van der Waals surface area contributed by atoms with Crippen molar-refractivity contribution in [3.8, 4) is 0 Å². The maximum Gasteiger partial charge on any atom is 0.252 e. The van der Waals surface area contributed by atoms with Crippen molar-refractivity contribution in [3.05, 3.63) is 23.9 Å². The SMILES string of the molecule is CN(C)CCCNC(=O)c1ccc(NC2CCCCC2)nc1. The number of aromatic nitrogens is 1. The van der Waals surface area contributed by atoms with Crippen LogP contribution in [-0.4, -0.2) is 49.0 Å². The third-order valence-electron chi connectivity index (χ3n) is 4.05. The lowest BCUT2D eigenvalue weighted by Crippen LogP contribution is -2.27. The Balaban J connectivity index is 1.76. The first-order valence-corrected chi connectivity index (χ1v) is 8.30. The molecule has 0 atom stereocenters. The van der Waals surface area contributed by atoms with Gasteiger partial charge in [0.15, 0.2) is 0 Å². The second-order valence-electron chi connectivity index (χ2n) is 6.32. The molecule has 1 aromatic heterocycles. The zero-order valence-electron chi connectivity index (χ0n) is 13.8. The monoisotopic (exact) mass is 304 g/mol. The first-order valence-electron chi connectivity index (χ1n) is 8.30. The van der Waals surface area contributed by atoms with Crippen LogP contribution >= 0.6 is 0 Å². The number of hydrogen-bond donors (Lipinski definition) is 2. The second-order valence-corrected chi connectivity index (χ2v) is 6.32. The van der Waals surface area contributed by atoms with Gasteiger partial charge in [0.05, 0.1) is 5.56 Å². The molecule has 22 heavy (non-hydrogen) atoms. The van der Waals surface area contributed by atoms with E-state index in [1.807, 2.05) is 26.2 Å². The molecule has 0 unspecified atom stereocenters. The normalized spacial score (nSPS) is 15.8. The number of rotatable bonds is 7. The van der Waals surface area contributed by atoms with Gasteiger partial charge in [0.25, 0.3) is 5.91 Å². The molecule has 0 aromatic carbocycles. The highest BCUT2D eigenvalue weighted by atomic mass is 16.1. The maximum atomic E-state index is 12.0. The highest BCUT2D eigenvalue weighted by Crippen LogP contribution is 2.20. The van der Waals surface area contributed by atoms with Crippen molar-refractivity contribution < 1.29 is 4.79 Å². The number of carbonyl (C=O) groups excluding carboxylic acids is 1. The van der Waals surface area contributed by atoms with Gasteiger partial charge in [-0.05, 0) is 52.0 Å². The Bertz CT molecular complexity index is 452. The Morgan fingerprint density at radius 1 is 1.27 bits per heavy atom. The molecule has 1 fully saturated rings. The molecule has 0 aliphatic heterocycles. The molecule has 0 spiro atoms. The molecule has 1 saturated carbocycles. The predicted molar refractivity (Wildman–Crippen MR) is 90.2 cm³/mol. The minimum atomic E-state index is -0.0459. The first-order chi connectivity index (χ1) is 10.6. The van der Waals surface area contributed by atoms with E-state index in [2.05, 4.69) is 20.5 Å². The molecular weight excluding hydrogens is 276 g/mol. The van der Waals surface area contributed by atoms with E-state index in [9.17, 15) is 4.79 Å². The van der Waals surface area contributed by atoms with E-state index in [0.717, 1.165) is 18.8 Å². The molecule has 2 rings (SSSR count). The average molecular weight is 304 g/mol. The van der Waals surface area contributed by atoms with E-state index < -0.39 is 0 Å². The van der Waals surface area contributed by atoms with E-state index in [1.165, 1.54) is 32.1 Å². The van der Waals surface area contributed by atoms with Crippen LogP contribution < -0.4 is 10.6 Å². The Morgan fingerprint density at radius 3 is 2.68 bits per heavy atom. The van der Waals surface area contributed by atoms with Crippen molar-refractivity contribution in [1.29, 1.82) is 0 Å². The third kappa shape index (κ3) is 5.64. The molecule has 1 aliphatic rings. The molecule has 122 valence electrons. The van der Waals surface area contributed by atoms with Crippen LogP contribution in [-0.2, 0) is 0 Å². The molecule has 1 amide bonds. The van der Waals surface area contributed by atoms with Crippen molar-refractivity contribution in [3.63, 3.8) is 0 Å². The van der Waals surface area contributed by atoms with Gasteiger partial charge in [0.2, 0.25) is 0 Å². The van der Waals surface area contributed by atoms with Crippen molar-refractivity contribution >= 4 is 11.7 Å². The summed E-state index contributed by atoms with van der Waals surface area (Å²) in [5.41, 5.74) is 0.624. The van der Waals surface area contributed by atoms with Crippen LogP contribution in [0.2, 0.25) is 0 Å². The van der Waals surface area contributed by atoms with Gasteiger partial charge in [-0.25, -0.2) is 4.98 Å². The highest BCUT2D eigenvalue weighted by molar-refractivity contribution is 5.94. The van der Waals surface area contributed by atoms with Crippen molar-refractivity contribution in [1.82, 2.24) is 15.2 Å². The molecule has 0 bridgehead atoms. The van der Waals surface area contributed by atoms with Gasteiger partial charge in [-0.3, -0.25) is 4.79 Å². The van der Waals surface area contributed by atoms with E-state index in [-0.39, 0.29) is 5.91 Å². The number of nitrogens with zero attached hydrogens (tertiary/aromatic N) is 2. The van der Waals surface area contributed by atoms with Gasteiger partial charge in [-0.2, -0.15) is 0 Å². The summed E-state index contributed by atoms with van der Waals surface area (Å²) in [4.78, 5) is 18.5. The largest absolute Gasteiger partial charge is 0.367 e. The molecule has 0 saturated heterocycles. The Labute approximate surface area is 133 Å². The summed E-state index contributed by atoms with van der Waals surface area (Å²) in [7, 11) is 4.06. The summed E-state index contributed by atoms with van der Waals surface area (Å²) in [6, 6.07) is 4.29. The summed E-state index contributed by atoms with van der Waals surface area (Å²) < 4.78 is 0. The molecule has 5 nitrogen and oxygen atoms in total. The molecule has 5 heteroatoms. The van der Waals surface area contributed by atoms with E-state index >= 15 is 0 Å². The van der Waals surface area contributed by atoms with Crippen LogP contribution in [0.25, 0.3) is 0 Å². The van der Waals surface area contributed by atoms with Gasteiger partial charge in [-0.1, -0.05) is 19.3 Å². The molecular formula is C17H28N4O. The van der Waals surface area contributed by atoms with Crippen molar-refractivity contribution in [2.75, 3.05) is 32.5 Å². The summed E-state index contributed by atoms with van der Waals surface area (Å²) >= 11 is 0. The van der Waals surface area contributed by atoms with Crippen LogP contribution in [0.1, 0.15) is 48.9 Å². The third-order valence-corrected chi connectivity index (χ3v) is 4.05. The van der Waals surface area contributed by atoms with Gasteiger partial charge in [0.1, 0.15) is 5.82 Å². The lowest BCUT2D eigenvalue weighted by Gasteiger charge is -2.23. The van der Waals surface area contributed by atoms with E-state index in [1.54, 1.807) is 6.20 Å². The lowest BCUT2D eigenvalue weighted by molar-refractivity contribution is 0.0952. The molecule has 1 heterocycles. The molecule has 1 aliphatic carbocycles. The minimum absolute atomic E-state index is 0.0459. The smallest absolute Gasteiger partial charge is 0.252 e. The van der Waals surface area contributed by atoms with Crippen molar-refractivity contribution in [2.24, 2.45) is 0 Å². The van der Waals surface area contributed by atoms with Gasteiger partial charge in [-0.15, -0.1) is 0 Å². The van der Waals surface area contributed by atoms with Gasteiger partial charge < -0.3 is 15.5 Å². The number of carbonyl (C=O) groups is 1. The van der Waals surface area contributed by atoms with E-state index in [4.69, 9.17) is 0 Å². The fraction of sp³-hybridized carbons (Fsp3) is 0.647. The topological polar surface area (TPSA) is 57.3 Å². The Kier molecular flexibility index (Phi) is 6.65. The van der Waals surface area contributed by atoms with E-state index in [0.29, 0.717) is 18.2 Å². The second kappa shape index (κ2) is 8.73. The average Bonchev–Trinajstić information content (AvgIpc) is 2.53. The molecule has 0 radical (unpaired) electrons. The number of hydrogen-bond acceptors (Lipinski definition) is 4. The minimum Gasteiger partial charge on any atom is -0.367 e. The lowest BCUT2D eigenvalue weighted by atomic mass is 9.95. The standard InChI is InChI=1S/C17H28N4O/c1-21(2)12-6-11-18-17(22)14-9-10-16(19-13-14)20-15-7-4-3-5-8-15/h9-10,13,15H,3-8,11-12H2,1-2H3,(H,18,22)(H,19,20).